The molecule has 0 spiro atoms. The van der Waals surface area contributed by atoms with Crippen molar-refractivity contribution in [1.82, 2.24) is 19.9 Å². The molecule has 3 atom stereocenters. The monoisotopic (exact) mass is 299 g/mol. The number of fused-ring (bicyclic) bond motifs is 2. The normalized spacial score (nSPS) is 28.7. The number of nitrogens with zero attached hydrogens (tertiary/aromatic N) is 4. The van der Waals surface area contributed by atoms with E-state index in [1.807, 2.05) is 19.1 Å². The van der Waals surface area contributed by atoms with Gasteiger partial charge >= 0.3 is 0 Å². The second kappa shape index (κ2) is 5.44. The first-order valence-electron chi connectivity index (χ1n) is 7.90. The molecule has 0 aliphatic carbocycles. The lowest BCUT2D eigenvalue weighted by Gasteiger charge is -2.33. The third-order valence-electron chi connectivity index (χ3n) is 4.52. The Bertz CT molecular complexity index is 691. The highest BCUT2D eigenvalue weighted by molar-refractivity contribution is 5.86. The molecule has 0 saturated carbocycles. The van der Waals surface area contributed by atoms with Crippen LogP contribution in [0.25, 0.3) is 11.0 Å². The van der Waals surface area contributed by atoms with Crippen molar-refractivity contribution in [3.8, 4) is 0 Å². The van der Waals surface area contributed by atoms with Crippen LogP contribution in [-0.4, -0.2) is 57.7 Å². The van der Waals surface area contributed by atoms with Crippen LogP contribution >= 0.6 is 0 Å². The largest absolute Gasteiger partial charge is 0.376 e. The van der Waals surface area contributed by atoms with Gasteiger partial charge < -0.3 is 10.1 Å². The van der Waals surface area contributed by atoms with E-state index in [1.165, 1.54) is 0 Å². The third-order valence-corrected chi connectivity index (χ3v) is 4.52. The number of hydrogen-bond acceptors (Lipinski definition) is 6. The Kier molecular flexibility index (Phi) is 3.43. The average Bonchev–Trinajstić information content (AvgIpc) is 2.88. The molecule has 6 nitrogen and oxygen atoms in total. The van der Waals surface area contributed by atoms with Gasteiger partial charge in [0.25, 0.3) is 0 Å². The summed E-state index contributed by atoms with van der Waals surface area (Å²) in [6.45, 7) is 6.96. The van der Waals surface area contributed by atoms with Crippen molar-refractivity contribution < 1.29 is 4.74 Å². The second-order valence-electron chi connectivity index (χ2n) is 6.32. The Balaban J connectivity index is 1.57. The van der Waals surface area contributed by atoms with Crippen LogP contribution in [-0.2, 0) is 4.74 Å². The molecule has 1 N–H and O–H groups in total. The standard InChI is InChI=1S/C16H21N5O/c1-10-7-21-8-12(6-13(21)9-22-10)20-16-14-4-3-5-17-15(14)18-11(2)19-16/h3-5,10,12-13H,6-9H2,1-2H3,(H,17,18,19,20)/t10-,12+,13+/m1/s1. The minimum absolute atomic E-state index is 0.335. The van der Waals surface area contributed by atoms with Crippen molar-refractivity contribution in [2.45, 2.75) is 38.5 Å². The Morgan fingerprint density at radius 3 is 3.14 bits per heavy atom. The molecule has 0 aromatic carbocycles. The zero-order valence-corrected chi connectivity index (χ0v) is 13.0. The van der Waals surface area contributed by atoms with Crippen LogP contribution in [0.4, 0.5) is 5.82 Å². The van der Waals surface area contributed by atoms with Crippen LogP contribution in [0, 0.1) is 6.92 Å². The van der Waals surface area contributed by atoms with E-state index in [-0.39, 0.29) is 0 Å². The highest BCUT2D eigenvalue weighted by Crippen LogP contribution is 2.27. The number of pyridine rings is 1. The molecular weight excluding hydrogens is 278 g/mol. The Morgan fingerprint density at radius 2 is 2.23 bits per heavy atom. The van der Waals surface area contributed by atoms with Crippen LogP contribution in [0.5, 0.6) is 0 Å². The van der Waals surface area contributed by atoms with Crippen molar-refractivity contribution in [3.05, 3.63) is 24.2 Å². The molecule has 2 saturated heterocycles. The molecule has 4 heterocycles. The summed E-state index contributed by atoms with van der Waals surface area (Å²) < 4.78 is 5.77. The molecule has 2 aromatic rings. The summed E-state index contributed by atoms with van der Waals surface area (Å²) in [6.07, 6.45) is 3.20. The van der Waals surface area contributed by atoms with Gasteiger partial charge in [0, 0.05) is 31.4 Å². The van der Waals surface area contributed by atoms with Crippen molar-refractivity contribution in [3.63, 3.8) is 0 Å². The fourth-order valence-electron chi connectivity index (χ4n) is 3.52. The van der Waals surface area contributed by atoms with Gasteiger partial charge in [0.1, 0.15) is 11.6 Å². The topological polar surface area (TPSA) is 63.2 Å². The average molecular weight is 299 g/mol. The lowest BCUT2D eigenvalue weighted by molar-refractivity contribution is -0.0390. The number of rotatable bonds is 2. The van der Waals surface area contributed by atoms with Gasteiger partial charge in [-0.2, -0.15) is 0 Å². The van der Waals surface area contributed by atoms with Crippen LogP contribution < -0.4 is 5.32 Å². The number of ether oxygens (including phenoxy) is 1. The molecule has 2 fully saturated rings. The number of nitrogens with one attached hydrogen (secondary N) is 1. The number of morpholine rings is 1. The molecule has 116 valence electrons. The molecule has 2 aliphatic heterocycles. The van der Waals surface area contributed by atoms with Crippen molar-refractivity contribution in [2.24, 2.45) is 0 Å². The zero-order valence-electron chi connectivity index (χ0n) is 13.0. The number of aromatic nitrogens is 3. The summed E-state index contributed by atoms with van der Waals surface area (Å²) in [5, 5.41) is 4.60. The Morgan fingerprint density at radius 1 is 1.32 bits per heavy atom. The number of hydrogen-bond donors (Lipinski definition) is 1. The lowest BCUT2D eigenvalue weighted by Crippen LogP contribution is -2.45. The van der Waals surface area contributed by atoms with Gasteiger partial charge in [-0.3, -0.25) is 4.90 Å². The van der Waals surface area contributed by atoms with Crippen molar-refractivity contribution >= 4 is 16.9 Å². The first kappa shape index (κ1) is 13.8. The molecule has 2 aromatic heterocycles. The first-order valence-corrected chi connectivity index (χ1v) is 7.90. The van der Waals surface area contributed by atoms with E-state index in [4.69, 9.17) is 4.74 Å². The van der Waals surface area contributed by atoms with Gasteiger partial charge in [0.2, 0.25) is 0 Å². The van der Waals surface area contributed by atoms with E-state index in [2.05, 4.69) is 32.1 Å². The lowest BCUT2D eigenvalue weighted by atomic mass is 10.1. The molecular formula is C16H21N5O. The predicted octanol–water partition coefficient (Wildman–Crippen LogP) is 1.61. The van der Waals surface area contributed by atoms with E-state index >= 15 is 0 Å². The fraction of sp³-hybridized carbons (Fsp3) is 0.562. The highest BCUT2D eigenvalue weighted by Gasteiger charge is 2.36. The molecule has 0 unspecified atom stereocenters. The van der Waals surface area contributed by atoms with E-state index < -0.39 is 0 Å². The van der Waals surface area contributed by atoms with Crippen LogP contribution in [0.3, 0.4) is 0 Å². The van der Waals surface area contributed by atoms with Gasteiger partial charge in [-0.15, -0.1) is 0 Å². The Hall–Kier alpha value is -1.79. The van der Waals surface area contributed by atoms with Crippen molar-refractivity contribution in [2.75, 3.05) is 25.0 Å². The molecule has 22 heavy (non-hydrogen) atoms. The zero-order chi connectivity index (χ0) is 15.1. The van der Waals surface area contributed by atoms with Gasteiger partial charge in [0.05, 0.1) is 18.1 Å². The predicted molar refractivity (Wildman–Crippen MR) is 84.9 cm³/mol. The van der Waals surface area contributed by atoms with E-state index in [9.17, 15) is 0 Å². The smallest absolute Gasteiger partial charge is 0.164 e. The molecule has 0 bridgehead atoms. The minimum Gasteiger partial charge on any atom is -0.376 e. The molecule has 0 radical (unpaired) electrons. The molecule has 2 aliphatic rings. The molecule has 0 amide bonds. The van der Waals surface area contributed by atoms with Crippen LogP contribution in [0.2, 0.25) is 0 Å². The van der Waals surface area contributed by atoms with Gasteiger partial charge in [-0.05, 0) is 32.4 Å². The maximum Gasteiger partial charge on any atom is 0.164 e. The highest BCUT2D eigenvalue weighted by atomic mass is 16.5. The molecule has 6 heteroatoms. The van der Waals surface area contributed by atoms with Crippen molar-refractivity contribution in [1.29, 1.82) is 0 Å². The van der Waals surface area contributed by atoms with E-state index in [1.54, 1.807) is 6.20 Å². The summed E-state index contributed by atoms with van der Waals surface area (Å²) in [5.74, 6) is 1.65. The maximum absolute atomic E-state index is 5.77. The Labute approximate surface area is 129 Å². The van der Waals surface area contributed by atoms with Gasteiger partial charge in [-0.25, -0.2) is 15.0 Å². The summed E-state index contributed by atoms with van der Waals surface area (Å²) in [4.78, 5) is 15.9. The van der Waals surface area contributed by atoms with Crippen LogP contribution in [0.15, 0.2) is 18.3 Å². The molecule has 4 rings (SSSR count). The SMILES string of the molecule is Cc1nc(N[C@H]2C[C@H]3CO[C@H](C)CN3C2)c2cccnc2n1. The summed E-state index contributed by atoms with van der Waals surface area (Å²) in [5.41, 5.74) is 0.755. The quantitative estimate of drug-likeness (QED) is 0.909. The summed E-state index contributed by atoms with van der Waals surface area (Å²) in [7, 11) is 0. The maximum atomic E-state index is 5.77. The first-order chi connectivity index (χ1) is 10.7. The van der Waals surface area contributed by atoms with Gasteiger partial charge in [-0.1, -0.05) is 0 Å². The fourth-order valence-corrected chi connectivity index (χ4v) is 3.52. The van der Waals surface area contributed by atoms with E-state index in [0.717, 1.165) is 48.8 Å². The number of aryl methyl sites for hydroxylation is 1. The second-order valence-corrected chi connectivity index (χ2v) is 6.32. The van der Waals surface area contributed by atoms with Crippen LogP contribution in [0.1, 0.15) is 19.2 Å². The third kappa shape index (κ3) is 2.53. The van der Waals surface area contributed by atoms with E-state index in [0.29, 0.717) is 18.2 Å². The summed E-state index contributed by atoms with van der Waals surface area (Å²) in [6, 6.07) is 4.88. The number of anilines is 1. The summed E-state index contributed by atoms with van der Waals surface area (Å²) >= 11 is 0. The minimum atomic E-state index is 0.335. The van der Waals surface area contributed by atoms with Gasteiger partial charge in [0.15, 0.2) is 5.65 Å².